The summed E-state index contributed by atoms with van der Waals surface area (Å²) in [6.07, 6.45) is 16.0. The molecule has 2 aliphatic rings. The highest BCUT2D eigenvalue weighted by Crippen LogP contribution is 2.33. The Hall–Kier alpha value is -2.49. The predicted octanol–water partition coefficient (Wildman–Crippen LogP) is 7.03. The van der Waals surface area contributed by atoms with Gasteiger partial charge in [0.25, 0.3) is 0 Å². The number of rotatable bonds is 9. The fourth-order valence-electron chi connectivity index (χ4n) is 5.83. The zero-order chi connectivity index (χ0) is 23.8. The van der Waals surface area contributed by atoms with Gasteiger partial charge in [-0.2, -0.15) is 0 Å². The third-order valence-electron chi connectivity index (χ3n) is 7.86. The van der Waals surface area contributed by atoms with Crippen molar-refractivity contribution >= 4 is 11.5 Å². The maximum absolute atomic E-state index is 12.6. The predicted molar refractivity (Wildman–Crippen MR) is 139 cm³/mol. The van der Waals surface area contributed by atoms with Gasteiger partial charge < -0.3 is 4.74 Å². The number of Topliss-reactive ketones (excluding diaryl/α,β-unsaturated/α-hetero) is 1. The zero-order valence-electron chi connectivity index (χ0n) is 21.0. The summed E-state index contributed by atoms with van der Waals surface area (Å²) in [6, 6.07) is 9.71. The van der Waals surface area contributed by atoms with E-state index in [-0.39, 0.29) is 5.78 Å². The lowest BCUT2D eigenvalue weighted by Gasteiger charge is -2.16. The highest BCUT2D eigenvalue weighted by atomic mass is 16.5. The molecule has 1 aromatic heterocycles. The lowest BCUT2D eigenvalue weighted by Crippen LogP contribution is -2.08. The molecule has 4 nitrogen and oxygen atoms in total. The summed E-state index contributed by atoms with van der Waals surface area (Å²) in [5, 5.41) is 0. The normalized spacial score (nSPS) is 20.6. The fourth-order valence-corrected chi connectivity index (χ4v) is 5.83. The largest absolute Gasteiger partial charge is 0.497 e. The Morgan fingerprint density at radius 2 is 1.76 bits per heavy atom. The molecule has 2 atom stereocenters. The van der Waals surface area contributed by atoms with E-state index in [2.05, 4.69) is 13.0 Å². The molecule has 1 aliphatic heterocycles. The van der Waals surface area contributed by atoms with Crippen LogP contribution in [0.3, 0.4) is 0 Å². The van der Waals surface area contributed by atoms with Gasteiger partial charge in [-0.3, -0.25) is 14.8 Å². The van der Waals surface area contributed by atoms with Gasteiger partial charge in [0.2, 0.25) is 0 Å². The van der Waals surface area contributed by atoms with Gasteiger partial charge in [0.1, 0.15) is 5.75 Å². The minimum atomic E-state index is 0.261. The van der Waals surface area contributed by atoms with E-state index < -0.39 is 0 Å². The number of aromatic nitrogens is 1. The standard InChI is InChI=1S/C30H40N2O2/c1-22-30-26(9-5-20-31-22)19-21-32-28(30)10-4-8-23-6-3-7-24(12-11-23)13-18-29(33)25-14-16-27(34-2)17-15-25/h14-17,19,21,23-24H,3-13,18,20H2,1-2H3. The van der Waals surface area contributed by atoms with Crippen LogP contribution >= 0.6 is 0 Å². The van der Waals surface area contributed by atoms with E-state index in [4.69, 9.17) is 14.7 Å². The molecule has 0 radical (unpaired) electrons. The lowest BCUT2D eigenvalue weighted by atomic mass is 9.90. The maximum atomic E-state index is 12.6. The van der Waals surface area contributed by atoms with Crippen molar-refractivity contribution < 1.29 is 9.53 Å². The van der Waals surface area contributed by atoms with Crippen molar-refractivity contribution in [2.24, 2.45) is 16.8 Å². The number of fused-ring (bicyclic) bond motifs is 1. The van der Waals surface area contributed by atoms with Crippen molar-refractivity contribution in [2.75, 3.05) is 13.7 Å². The zero-order valence-corrected chi connectivity index (χ0v) is 21.0. The molecule has 4 rings (SSSR count). The van der Waals surface area contributed by atoms with E-state index in [9.17, 15) is 4.79 Å². The van der Waals surface area contributed by atoms with E-state index in [1.54, 1.807) is 7.11 Å². The number of hydrogen-bond donors (Lipinski definition) is 0. The van der Waals surface area contributed by atoms with Gasteiger partial charge in [0.15, 0.2) is 5.78 Å². The molecular formula is C30H40N2O2. The number of methoxy groups -OCH3 is 1. The summed E-state index contributed by atoms with van der Waals surface area (Å²) in [6.45, 7) is 3.09. The van der Waals surface area contributed by atoms with Crippen LogP contribution in [-0.2, 0) is 12.8 Å². The van der Waals surface area contributed by atoms with Gasteiger partial charge in [0, 0.05) is 41.7 Å². The molecule has 1 aliphatic carbocycles. The summed E-state index contributed by atoms with van der Waals surface area (Å²) >= 11 is 0. The second-order valence-corrected chi connectivity index (χ2v) is 10.2. The molecule has 1 aromatic carbocycles. The monoisotopic (exact) mass is 460 g/mol. The Kier molecular flexibility index (Phi) is 8.90. The van der Waals surface area contributed by atoms with E-state index in [1.165, 1.54) is 67.5 Å². The van der Waals surface area contributed by atoms with Crippen molar-refractivity contribution in [3.63, 3.8) is 0 Å². The van der Waals surface area contributed by atoms with Gasteiger partial charge in [-0.05, 0) is 86.8 Å². The van der Waals surface area contributed by atoms with Crippen LogP contribution in [0.4, 0.5) is 0 Å². The van der Waals surface area contributed by atoms with Crippen LogP contribution in [0.25, 0.3) is 0 Å². The molecule has 0 saturated heterocycles. The molecule has 2 aromatic rings. The van der Waals surface area contributed by atoms with Crippen molar-refractivity contribution in [2.45, 2.75) is 84.0 Å². The minimum Gasteiger partial charge on any atom is -0.497 e. The summed E-state index contributed by atoms with van der Waals surface area (Å²) in [7, 11) is 1.65. The van der Waals surface area contributed by atoms with Crippen molar-refractivity contribution in [3.8, 4) is 5.75 Å². The highest BCUT2D eigenvalue weighted by molar-refractivity contribution is 6.01. The van der Waals surface area contributed by atoms with Crippen molar-refractivity contribution in [3.05, 3.63) is 58.9 Å². The number of carbonyl (C=O) groups excluding carboxylic acids is 1. The average molecular weight is 461 g/mol. The molecule has 2 unspecified atom stereocenters. The maximum Gasteiger partial charge on any atom is 0.162 e. The Bertz CT molecular complexity index is 980. The first kappa shape index (κ1) is 24.6. The number of ether oxygens (including phenoxy) is 1. The first-order valence-electron chi connectivity index (χ1n) is 13.3. The van der Waals surface area contributed by atoms with E-state index in [0.29, 0.717) is 12.3 Å². The van der Waals surface area contributed by atoms with Crippen molar-refractivity contribution in [1.82, 2.24) is 4.98 Å². The molecule has 1 saturated carbocycles. The summed E-state index contributed by atoms with van der Waals surface area (Å²) in [4.78, 5) is 22.1. The second kappa shape index (κ2) is 12.3. The first-order valence-corrected chi connectivity index (χ1v) is 13.3. The minimum absolute atomic E-state index is 0.261. The number of benzene rings is 1. The van der Waals surface area contributed by atoms with Crippen LogP contribution in [0.15, 0.2) is 41.5 Å². The highest BCUT2D eigenvalue weighted by Gasteiger charge is 2.21. The number of ketones is 1. The quantitative estimate of drug-likeness (QED) is 0.298. The van der Waals surface area contributed by atoms with Crippen LogP contribution in [0, 0.1) is 11.8 Å². The topological polar surface area (TPSA) is 51.5 Å². The molecule has 0 bridgehead atoms. The van der Waals surface area contributed by atoms with Gasteiger partial charge in [-0.15, -0.1) is 0 Å². The second-order valence-electron chi connectivity index (χ2n) is 10.2. The fraction of sp³-hybridized carbons (Fsp3) is 0.567. The van der Waals surface area contributed by atoms with Crippen LogP contribution in [-0.4, -0.2) is 30.1 Å². The number of carbonyl (C=O) groups is 1. The number of hydrogen-bond acceptors (Lipinski definition) is 4. The molecule has 1 fully saturated rings. The summed E-state index contributed by atoms with van der Waals surface area (Å²) < 4.78 is 5.20. The molecule has 182 valence electrons. The van der Waals surface area contributed by atoms with Gasteiger partial charge >= 0.3 is 0 Å². The number of pyridine rings is 1. The van der Waals surface area contributed by atoms with Crippen molar-refractivity contribution in [1.29, 1.82) is 0 Å². The molecule has 0 spiro atoms. The number of aryl methyl sites for hydroxylation is 2. The summed E-state index contributed by atoms with van der Waals surface area (Å²) in [5.74, 6) is 2.57. The molecule has 4 heteroatoms. The smallest absolute Gasteiger partial charge is 0.162 e. The average Bonchev–Trinajstić information content (AvgIpc) is 3.21. The Balaban J connectivity index is 1.22. The van der Waals surface area contributed by atoms with E-state index in [0.717, 1.165) is 49.5 Å². The number of aliphatic imine (C=N–C) groups is 1. The summed E-state index contributed by atoms with van der Waals surface area (Å²) in [5.41, 5.74) is 6.01. The van der Waals surface area contributed by atoms with E-state index >= 15 is 0 Å². The SMILES string of the molecule is COc1ccc(C(=O)CCC2CCCC(CCCc3nccc4c3C(C)=NCCC4)CC2)cc1. The third-order valence-corrected chi connectivity index (χ3v) is 7.86. The van der Waals surface area contributed by atoms with Crippen LogP contribution in [0.2, 0.25) is 0 Å². The van der Waals surface area contributed by atoms with E-state index in [1.807, 2.05) is 30.5 Å². The van der Waals surface area contributed by atoms with Gasteiger partial charge in [-0.1, -0.05) is 38.5 Å². The third kappa shape index (κ3) is 6.55. The van der Waals surface area contributed by atoms with Gasteiger partial charge in [0.05, 0.1) is 7.11 Å². The molecule has 0 N–H and O–H groups in total. The molecule has 34 heavy (non-hydrogen) atoms. The van der Waals surface area contributed by atoms with Gasteiger partial charge in [-0.25, -0.2) is 0 Å². The number of nitrogens with zero attached hydrogens (tertiary/aromatic N) is 2. The van der Waals surface area contributed by atoms with Crippen LogP contribution in [0.5, 0.6) is 5.75 Å². The molecular weight excluding hydrogens is 420 g/mol. The lowest BCUT2D eigenvalue weighted by molar-refractivity contribution is 0.0972. The Morgan fingerprint density at radius 3 is 2.53 bits per heavy atom. The Labute approximate surface area is 205 Å². The Morgan fingerprint density at radius 1 is 1.00 bits per heavy atom. The van der Waals surface area contributed by atoms with Crippen LogP contribution < -0.4 is 4.74 Å². The first-order chi connectivity index (χ1) is 16.6. The molecule has 0 amide bonds. The molecule has 2 heterocycles. The van der Waals surface area contributed by atoms with Crippen LogP contribution in [0.1, 0.15) is 98.3 Å².